The number of allylic oxidation sites excluding steroid dienone is 1. The van der Waals surface area contributed by atoms with Crippen molar-refractivity contribution >= 4 is 88.8 Å². The molecule has 1 aliphatic rings. The average molecular weight is 1400 g/mol. The van der Waals surface area contributed by atoms with Crippen LogP contribution in [0.15, 0.2) is 46.4 Å². The molecule has 26 N–H and O–H groups in total. The van der Waals surface area contributed by atoms with Crippen LogP contribution < -0.4 is 88.0 Å². The van der Waals surface area contributed by atoms with Crippen molar-refractivity contribution in [3.63, 3.8) is 0 Å². The Morgan fingerprint density at radius 1 is 0.566 bits per heavy atom. The number of nitrogens with two attached hydrogens (primary N) is 7. The Labute approximate surface area is 576 Å². The second-order valence-electron chi connectivity index (χ2n) is 24.8. The molecule has 0 aromatic heterocycles. The number of hydrogen-bond acceptors (Lipinski definition) is 18. The van der Waals surface area contributed by atoms with Gasteiger partial charge in [-0.25, -0.2) is 0 Å². The molecule has 554 valence electrons. The number of amides is 11. The smallest absolute Gasteiger partial charge is 0.303 e. The van der Waals surface area contributed by atoms with E-state index in [9.17, 15) is 77.6 Å². The number of carbonyl (C=O) groups is 13. The van der Waals surface area contributed by atoms with Gasteiger partial charge in [-0.2, -0.15) is 0 Å². The summed E-state index contributed by atoms with van der Waals surface area (Å²) in [6, 6.07) is -8.66. The summed E-state index contributed by atoms with van der Waals surface area (Å²) in [5.74, 6) is -13.8. The van der Waals surface area contributed by atoms with Gasteiger partial charge in [0.05, 0.1) is 0 Å². The second kappa shape index (κ2) is 45.8. The van der Waals surface area contributed by atoms with Crippen molar-refractivity contribution < 1.29 is 77.6 Å². The highest BCUT2D eigenvalue weighted by atomic mass is 16.4. The van der Waals surface area contributed by atoms with E-state index in [1.807, 2.05) is 0 Å². The Kier molecular flexibility index (Phi) is 39.5. The van der Waals surface area contributed by atoms with E-state index in [2.05, 4.69) is 57.8 Å². The molecule has 0 saturated heterocycles. The standard InChI is InChI=1S/C64H107N19O16/c1-6-37(4)52-62(99)83(33-13-7-8-20-49(85)74-42(59(96)82-52)18-14-31-72-63(68)69)38(5)54(91)76-44(19-15-32-73-64(70)71)56(93)80-47(34-36(2)3)60(97)79-46(26-28-51(88)89)58(95)78-45(25-27-50(86)87)57(94)77-43(17-10-12-30-66)55(92)81-48(35-39-21-23-40(84)24-22-39)61(98)75-41(53(67)90)16-9-11-29-65/h7,13,21-24,36-38,41-48,52,84H,6,8-12,14-20,25-35,65-66H2,1-5H3,(H2,67,90)(H,74,85)(H,75,98)(H,76,91)(H,77,94)(H,78,95)(H,79,97)(H,80,93)(H,81,92)(H,82,96)(H,86,87)(H,88,89)(H4,68,69,72)(H4,70,71,73)/b13-7-/t37-,38-,41-,42?,43-,44-,45-,46-,47-,48-,52-/m0/s1. The predicted molar refractivity (Wildman–Crippen MR) is 366 cm³/mol. The largest absolute Gasteiger partial charge is 0.508 e. The first-order valence-electron chi connectivity index (χ1n) is 33.5. The van der Waals surface area contributed by atoms with Crippen LogP contribution in [0.25, 0.3) is 0 Å². The third-order valence-electron chi connectivity index (χ3n) is 16.2. The molecule has 35 nitrogen and oxygen atoms in total. The topological polar surface area (TPSA) is 601 Å². The average Bonchev–Trinajstić information content (AvgIpc) is 1.35. The molecule has 35 heteroatoms. The minimum Gasteiger partial charge on any atom is -0.508 e. The van der Waals surface area contributed by atoms with Gasteiger partial charge >= 0.3 is 11.9 Å². The number of benzene rings is 1. The van der Waals surface area contributed by atoms with Crippen molar-refractivity contribution in [2.24, 2.45) is 62.0 Å². The minimum atomic E-state index is -1.79. The maximum atomic E-state index is 14.8. The van der Waals surface area contributed by atoms with Crippen molar-refractivity contribution in [3.8, 4) is 5.75 Å². The zero-order valence-electron chi connectivity index (χ0n) is 57.4. The van der Waals surface area contributed by atoms with Crippen molar-refractivity contribution in [2.45, 2.75) is 217 Å². The lowest BCUT2D eigenvalue weighted by molar-refractivity contribution is -0.144. The second-order valence-corrected chi connectivity index (χ2v) is 24.8. The number of nitrogens with one attached hydrogen (secondary N) is 9. The van der Waals surface area contributed by atoms with E-state index in [0.717, 1.165) is 0 Å². The molecule has 1 aromatic carbocycles. The number of carboxylic acids is 2. The monoisotopic (exact) mass is 1400 g/mol. The maximum Gasteiger partial charge on any atom is 0.303 e. The molecular weight excluding hydrogens is 1290 g/mol. The van der Waals surface area contributed by atoms with Crippen LogP contribution in [0.4, 0.5) is 0 Å². The fourth-order valence-electron chi connectivity index (χ4n) is 10.3. The number of carboxylic acid groups (broad SMARTS) is 2. The van der Waals surface area contributed by atoms with Crippen LogP contribution >= 0.6 is 0 Å². The molecular formula is C64H107N19O16. The van der Waals surface area contributed by atoms with Gasteiger partial charge in [-0.15, -0.1) is 0 Å². The molecule has 11 amide bonds. The lowest BCUT2D eigenvalue weighted by Gasteiger charge is -2.34. The fourth-order valence-corrected chi connectivity index (χ4v) is 10.3. The van der Waals surface area contributed by atoms with Gasteiger partial charge in [-0.1, -0.05) is 58.4 Å². The highest BCUT2D eigenvalue weighted by molar-refractivity contribution is 5.99. The number of aliphatic imine (C=N–C) groups is 2. The van der Waals surface area contributed by atoms with Crippen LogP contribution in [0.3, 0.4) is 0 Å². The number of hydrogen-bond donors (Lipinski definition) is 19. The van der Waals surface area contributed by atoms with Gasteiger partial charge in [0.25, 0.3) is 0 Å². The van der Waals surface area contributed by atoms with Gasteiger partial charge in [0.2, 0.25) is 65.0 Å². The van der Waals surface area contributed by atoms with Crippen LogP contribution in [0.1, 0.15) is 156 Å². The molecule has 1 aliphatic heterocycles. The summed E-state index contributed by atoms with van der Waals surface area (Å²) in [7, 11) is 0. The number of aliphatic carboxylic acids is 2. The number of rotatable bonds is 44. The normalized spacial score (nSPS) is 17.3. The highest BCUT2D eigenvalue weighted by Gasteiger charge is 2.39. The Bertz CT molecular complexity index is 2940. The highest BCUT2D eigenvalue weighted by Crippen LogP contribution is 2.18. The Balaban J connectivity index is 2.60. The summed E-state index contributed by atoms with van der Waals surface area (Å²) in [6.45, 7) is 8.73. The number of guanidine groups is 2. The third-order valence-corrected chi connectivity index (χ3v) is 16.2. The summed E-state index contributed by atoms with van der Waals surface area (Å²) >= 11 is 0. The van der Waals surface area contributed by atoms with Gasteiger partial charge in [0.15, 0.2) is 11.9 Å². The summed E-state index contributed by atoms with van der Waals surface area (Å²) < 4.78 is 0. The molecule has 11 atom stereocenters. The van der Waals surface area contributed by atoms with E-state index in [0.29, 0.717) is 44.2 Å². The molecule has 0 aliphatic carbocycles. The number of aromatic hydroxyl groups is 1. The first-order chi connectivity index (χ1) is 46.8. The number of carbonyl (C=O) groups excluding carboxylic acids is 11. The summed E-state index contributed by atoms with van der Waals surface area (Å²) in [5, 5.41) is 53.0. The number of phenolic OH excluding ortho intramolecular Hbond substituents is 1. The molecule has 0 fully saturated rings. The van der Waals surface area contributed by atoms with Crippen LogP contribution in [0.2, 0.25) is 0 Å². The SMILES string of the molecule is CC[C@H](C)[C@@H]1NC(=O)C(CCCN=C(N)N)NC(=O)CC/C=C\CN([C@@H](C)C(=O)N[C@@H](CCCN=C(N)N)C(=O)N[C@@H](CC(C)C)C(=O)N[C@@H](CCC(=O)O)C(=O)N[C@@H](CCC(=O)O)C(=O)N[C@@H](CCCCN)C(=O)N[C@@H](Cc2ccc(O)cc2)C(=O)N[C@@H](CCCCN)C(N)=O)C1=O. The molecule has 2 rings (SSSR count). The molecule has 1 heterocycles. The summed E-state index contributed by atoms with van der Waals surface area (Å²) in [6.07, 6.45) is 2.54. The van der Waals surface area contributed by atoms with E-state index >= 15 is 0 Å². The van der Waals surface area contributed by atoms with Crippen molar-refractivity contribution in [1.82, 2.24) is 52.8 Å². The Hall–Kier alpha value is -9.67. The third kappa shape index (κ3) is 33.4. The van der Waals surface area contributed by atoms with Gasteiger partial charge in [-0.3, -0.25) is 72.3 Å². The summed E-state index contributed by atoms with van der Waals surface area (Å²) in [5.41, 5.74) is 39.6. The lowest BCUT2D eigenvalue weighted by Crippen LogP contribution is -2.61. The molecule has 99 heavy (non-hydrogen) atoms. The zero-order valence-corrected chi connectivity index (χ0v) is 57.4. The van der Waals surface area contributed by atoms with E-state index in [1.165, 1.54) is 36.1 Å². The molecule has 1 unspecified atom stereocenters. The predicted octanol–water partition coefficient (Wildman–Crippen LogP) is -3.46. The molecule has 0 radical (unpaired) electrons. The number of unbranched alkanes of at least 4 members (excludes halogenated alkanes) is 2. The van der Waals surface area contributed by atoms with Gasteiger partial charge in [0.1, 0.15) is 66.2 Å². The quantitative estimate of drug-likeness (QED) is 0.0131. The van der Waals surface area contributed by atoms with Crippen molar-refractivity contribution in [1.29, 1.82) is 0 Å². The van der Waals surface area contributed by atoms with Crippen LogP contribution in [0, 0.1) is 11.8 Å². The van der Waals surface area contributed by atoms with E-state index in [4.69, 9.17) is 40.1 Å². The van der Waals surface area contributed by atoms with Crippen LogP contribution in [0.5, 0.6) is 5.75 Å². The van der Waals surface area contributed by atoms with Gasteiger partial charge < -0.3 is 108 Å². The summed E-state index contributed by atoms with van der Waals surface area (Å²) in [4.78, 5) is 188. The molecule has 1 aromatic rings. The molecule has 0 saturated carbocycles. The first-order valence-corrected chi connectivity index (χ1v) is 33.5. The number of phenols is 1. The lowest BCUT2D eigenvalue weighted by atomic mass is 9.96. The maximum absolute atomic E-state index is 14.8. The zero-order chi connectivity index (χ0) is 74.3. The Morgan fingerprint density at radius 2 is 1.01 bits per heavy atom. The Morgan fingerprint density at radius 3 is 1.49 bits per heavy atom. The van der Waals surface area contributed by atoms with Crippen molar-refractivity contribution in [2.75, 3.05) is 32.7 Å². The number of nitrogens with zero attached hydrogens (tertiary/aromatic N) is 3. The first kappa shape index (κ1) is 85.4. The van der Waals surface area contributed by atoms with Crippen LogP contribution in [-0.4, -0.2) is 202 Å². The van der Waals surface area contributed by atoms with E-state index in [-0.39, 0.29) is 114 Å². The fraction of sp³-hybridized carbons (Fsp3) is 0.641. The molecule has 0 bridgehead atoms. The number of primary amides is 1. The van der Waals surface area contributed by atoms with E-state index < -0.39 is 169 Å². The van der Waals surface area contributed by atoms with Gasteiger partial charge in [0, 0.05) is 45.3 Å². The van der Waals surface area contributed by atoms with E-state index in [1.54, 1.807) is 39.8 Å². The van der Waals surface area contributed by atoms with Gasteiger partial charge in [-0.05, 0) is 139 Å². The van der Waals surface area contributed by atoms with Crippen LogP contribution in [-0.2, 0) is 68.7 Å². The minimum absolute atomic E-state index is 0.0250. The van der Waals surface area contributed by atoms with Crippen molar-refractivity contribution in [3.05, 3.63) is 42.0 Å². The molecule has 0 spiro atoms.